The molecule has 0 aromatic carbocycles. The molecule has 2 atom stereocenters. The molecule has 0 spiro atoms. The minimum absolute atomic E-state index is 0.112. The zero-order valence-electron chi connectivity index (χ0n) is 10.7. The third-order valence-corrected chi connectivity index (χ3v) is 3.09. The number of nitrogens with zero attached hydrogens (tertiary/aromatic N) is 1. The smallest absolute Gasteiger partial charge is 0.326 e. The molecule has 1 aliphatic rings. The molecule has 3 amide bonds. The van der Waals surface area contributed by atoms with Crippen LogP contribution in [-0.4, -0.2) is 58.1 Å². The molecule has 1 fully saturated rings. The Morgan fingerprint density at radius 1 is 1.30 bits per heavy atom. The van der Waals surface area contributed by atoms with E-state index in [0.29, 0.717) is 19.4 Å². The van der Waals surface area contributed by atoms with Gasteiger partial charge in [-0.3, -0.25) is 9.59 Å². The Labute approximate surface area is 114 Å². The lowest BCUT2D eigenvalue weighted by molar-refractivity contribution is -0.145. The fourth-order valence-corrected chi connectivity index (χ4v) is 2.01. The van der Waals surface area contributed by atoms with Gasteiger partial charge >= 0.3 is 18.0 Å². The van der Waals surface area contributed by atoms with Crippen molar-refractivity contribution in [1.29, 1.82) is 0 Å². The fraction of sp³-hybridized carbons (Fsp3) is 0.636. The Balaban J connectivity index is 2.61. The van der Waals surface area contributed by atoms with Crippen LogP contribution in [0, 0.1) is 5.92 Å². The van der Waals surface area contributed by atoms with E-state index >= 15 is 0 Å². The van der Waals surface area contributed by atoms with Crippen molar-refractivity contribution in [3.8, 4) is 0 Å². The van der Waals surface area contributed by atoms with Crippen LogP contribution in [-0.2, 0) is 14.4 Å². The normalized spacial score (nSPS) is 20.0. The molecule has 1 rings (SSSR count). The number of aliphatic carboxylic acids is 2. The van der Waals surface area contributed by atoms with Crippen LogP contribution in [0.5, 0.6) is 0 Å². The lowest BCUT2D eigenvalue weighted by atomic mass is 9.98. The number of carboxylic acid groups (broad SMARTS) is 2. The van der Waals surface area contributed by atoms with E-state index in [-0.39, 0.29) is 6.54 Å². The summed E-state index contributed by atoms with van der Waals surface area (Å²) in [5.74, 6) is -3.73. The molecule has 112 valence electrons. The minimum Gasteiger partial charge on any atom is -0.481 e. The molecule has 5 N–H and O–H groups in total. The number of nitrogens with two attached hydrogens (primary N) is 1. The van der Waals surface area contributed by atoms with Crippen molar-refractivity contribution in [2.45, 2.75) is 25.3 Å². The minimum atomic E-state index is -1.51. The van der Waals surface area contributed by atoms with Gasteiger partial charge in [-0.15, -0.1) is 0 Å². The summed E-state index contributed by atoms with van der Waals surface area (Å²) in [5, 5.41) is 19.6. The second kappa shape index (κ2) is 6.73. The molecule has 0 radical (unpaired) electrons. The van der Waals surface area contributed by atoms with Gasteiger partial charge in [-0.1, -0.05) is 0 Å². The van der Waals surface area contributed by atoms with Gasteiger partial charge in [-0.2, -0.15) is 0 Å². The maximum absolute atomic E-state index is 11.9. The summed E-state index contributed by atoms with van der Waals surface area (Å²) in [7, 11) is 0. The quantitative estimate of drug-likeness (QED) is 0.500. The lowest BCUT2D eigenvalue weighted by Crippen LogP contribution is -2.52. The van der Waals surface area contributed by atoms with Gasteiger partial charge < -0.3 is 26.2 Å². The molecule has 9 heteroatoms. The third kappa shape index (κ3) is 4.41. The van der Waals surface area contributed by atoms with Gasteiger partial charge in [0, 0.05) is 13.1 Å². The summed E-state index contributed by atoms with van der Waals surface area (Å²) in [6, 6.07) is -2.21. The second-order valence-electron chi connectivity index (χ2n) is 4.63. The molecule has 1 unspecified atom stereocenters. The molecule has 0 bridgehead atoms. The van der Waals surface area contributed by atoms with Gasteiger partial charge in [0.2, 0.25) is 5.91 Å². The standard InChI is InChI=1S/C11H17N3O6/c12-9(17)6-2-1-3-14(5-6)11(20)13-7(10(18)19)4-8(15)16/h6-7H,1-5H2,(H2,12,17)(H,13,20)(H,15,16)(H,18,19)/t6?,7-/m1/s1. The average molecular weight is 287 g/mol. The zero-order chi connectivity index (χ0) is 15.3. The Morgan fingerprint density at radius 2 is 1.95 bits per heavy atom. The van der Waals surface area contributed by atoms with E-state index in [0.717, 1.165) is 0 Å². The van der Waals surface area contributed by atoms with Crippen molar-refractivity contribution < 1.29 is 29.4 Å². The van der Waals surface area contributed by atoms with Crippen LogP contribution in [0.2, 0.25) is 0 Å². The number of likely N-dealkylation sites (tertiary alicyclic amines) is 1. The second-order valence-corrected chi connectivity index (χ2v) is 4.63. The molecule has 0 aliphatic carbocycles. The zero-order valence-corrected chi connectivity index (χ0v) is 10.7. The maximum Gasteiger partial charge on any atom is 0.326 e. The molecule has 9 nitrogen and oxygen atoms in total. The van der Waals surface area contributed by atoms with Gasteiger partial charge in [0.05, 0.1) is 12.3 Å². The highest BCUT2D eigenvalue weighted by atomic mass is 16.4. The van der Waals surface area contributed by atoms with E-state index in [9.17, 15) is 19.2 Å². The van der Waals surface area contributed by atoms with Gasteiger partial charge in [-0.05, 0) is 12.8 Å². The number of piperidine rings is 1. The highest BCUT2D eigenvalue weighted by Gasteiger charge is 2.30. The van der Waals surface area contributed by atoms with Crippen molar-refractivity contribution >= 4 is 23.9 Å². The summed E-state index contributed by atoms with van der Waals surface area (Å²) in [4.78, 5) is 45.6. The van der Waals surface area contributed by atoms with Crippen LogP contribution < -0.4 is 11.1 Å². The van der Waals surface area contributed by atoms with E-state index in [1.807, 2.05) is 0 Å². The van der Waals surface area contributed by atoms with Crippen LogP contribution in [0.4, 0.5) is 4.79 Å². The summed E-state index contributed by atoms with van der Waals surface area (Å²) in [6.45, 7) is 0.482. The van der Waals surface area contributed by atoms with Crippen molar-refractivity contribution in [3.05, 3.63) is 0 Å². The van der Waals surface area contributed by atoms with Crippen LogP contribution in [0.15, 0.2) is 0 Å². The van der Waals surface area contributed by atoms with Gasteiger partial charge in [0.15, 0.2) is 0 Å². The van der Waals surface area contributed by atoms with Crippen LogP contribution >= 0.6 is 0 Å². The number of hydrogen-bond donors (Lipinski definition) is 4. The highest BCUT2D eigenvalue weighted by Crippen LogP contribution is 2.16. The van der Waals surface area contributed by atoms with Gasteiger partial charge in [-0.25, -0.2) is 9.59 Å². The molecule has 0 aromatic rings. The molecule has 0 aromatic heterocycles. The summed E-state index contributed by atoms with van der Waals surface area (Å²) in [6.07, 6.45) is 0.447. The largest absolute Gasteiger partial charge is 0.481 e. The first-order chi connectivity index (χ1) is 9.31. The third-order valence-electron chi connectivity index (χ3n) is 3.09. The Kier molecular flexibility index (Phi) is 5.30. The first-order valence-electron chi connectivity index (χ1n) is 6.10. The average Bonchev–Trinajstić information content (AvgIpc) is 2.37. The summed E-state index contributed by atoms with van der Waals surface area (Å²) < 4.78 is 0. The van der Waals surface area contributed by atoms with E-state index < -0.39 is 42.3 Å². The number of amides is 3. The maximum atomic E-state index is 11.9. The Hall–Kier alpha value is -2.32. The highest BCUT2D eigenvalue weighted by molar-refractivity contribution is 5.86. The molecule has 1 aliphatic heterocycles. The van der Waals surface area contributed by atoms with Crippen molar-refractivity contribution in [2.75, 3.05) is 13.1 Å². The van der Waals surface area contributed by atoms with Crippen LogP contribution in [0.25, 0.3) is 0 Å². The van der Waals surface area contributed by atoms with Crippen LogP contribution in [0.3, 0.4) is 0 Å². The van der Waals surface area contributed by atoms with Gasteiger partial charge in [0.25, 0.3) is 0 Å². The number of rotatable bonds is 5. The molecule has 0 saturated carbocycles. The number of primary amides is 1. The first-order valence-corrected chi connectivity index (χ1v) is 6.10. The molecule has 1 saturated heterocycles. The predicted molar refractivity (Wildman–Crippen MR) is 65.7 cm³/mol. The van der Waals surface area contributed by atoms with Crippen molar-refractivity contribution in [2.24, 2.45) is 11.7 Å². The van der Waals surface area contributed by atoms with Crippen molar-refractivity contribution in [1.82, 2.24) is 10.2 Å². The number of nitrogens with one attached hydrogen (secondary N) is 1. The molecular weight excluding hydrogens is 270 g/mol. The molecular formula is C11H17N3O6. The number of carbonyl (C=O) groups is 4. The fourth-order valence-electron chi connectivity index (χ4n) is 2.01. The topological polar surface area (TPSA) is 150 Å². The van der Waals surface area contributed by atoms with E-state index in [2.05, 4.69) is 5.32 Å². The predicted octanol–water partition coefficient (Wildman–Crippen LogP) is -1.18. The Bertz CT molecular complexity index is 424. The van der Waals surface area contributed by atoms with E-state index in [4.69, 9.17) is 15.9 Å². The lowest BCUT2D eigenvalue weighted by Gasteiger charge is -2.31. The van der Waals surface area contributed by atoms with E-state index in [1.54, 1.807) is 0 Å². The van der Waals surface area contributed by atoms with Crippen LogP contribution in [0.1, 0.15) is 19.3 Å². The first kappa shape index (κ1) is 15.7. The summed E-state index contributed by atoms with van der Waals surface area (Å²) in [5.41, 5.74) is 5.18. The monoisotopic (exact) mass is 287 g/mol. The number of urea groups is 1. The number of carboxylic acids is 2. The van der Waals surface area contributed by atoms with Crippen molar-refractivity contribution in [3.63, 3.8) is 0 Å². The summed E-state index contributed by atoms with van der Waals surface area (Å²) >= 11 is 0. The number of hydrogen-bond acceptors (Lipinski definition) is 4. The van der Waals surface area contributed by atoms with Gasteiger partial charge in [0.1, 0.15) is 6.04 Å². The molecule has 20 heavy (non-hydrogen) atoms. The van der Waals surface area contributed by atoms with E-state index in [1.165, 1.54) is 4.90 Å². The molecule has 1 heterocycles. The number of carbonyl (C=O) groups excluding carboxylic acids is 2. The SMILES string of the molecule is NC(=O)C1CCCN(C(=O)N[C@H](CC(=O)O)C(=O)O)C1. The Morgan fingerprint density at radius 3 is 2.45 bits per heavy atom.